The van der Waals surface area contributed by atoms with Gasteiger partial charge in [0.2, 0.25) is 5.91 Å². The first-order chi connectivity index (χ1) is 11.7. The van der Waals surface area contributed by atoms with Crippen LogP contribution in [0.1, 0.15) is 18.5 Å². The lowest BCUT2D eigenvalue weighted by molar-refractivity contribution is -0.136. The summed E-state index contributed by atoms with van der Waals surface area (Å²) in [5.41, 5.74) is 2.35. The molecule has 5 nitrogen and oxygen atoms in total. The number of para-hydroxylation sites is 1. The van der Waals surface area contributed by atoms with E-state index in [1.54, 1.807) is 7.11 Å². The summed E-state index contributed by atoms with van der Waals surface area (Å²) in [6.07, 6.45) is 2.55. The number of carbonyl (C=O) groups is 1. The number of hydrogen-bond acceptors (Lipinski definition) is 3. The molecule has 2 aromatic rings. The number of amides is 1. The minimum absolute atomic E-state index is 0.0574. The predicted molar refractivity (Wildman–Crippen MR) is 95.9 cm³/mol. The van der Waals surface area contributed by atoms with Gasteiger partial charge in [-0.1, -0.05) is 18.2 Å². The molecule has 1 aromatic carbocycles. The molecule has 0 unspecified atom stereocenters. The number of aromatic nitrogens is 1. The maximum Gasteiger partial charge on any atom is 0.248 e. The highest BCUT2D eigenvalue weighted by molar-refractivity contribution is 5.82. The highest BCUT2D eigenvalue weighted by Gasteiger charge is 2.19. The van der Waals surface area contributed by atoms with E-state index in [1.165, 1.54) is 23.7 Å². The van der Waals surface area contributed by atoms with Crippen molar-refractivity contribution in [2.75, 3.05) is 39.9 Å². The van der Waals surface area contributed by atoms with Crippen molar-refractivity contribution in [3.63, 3.8) is 0 Å². The Hall–Kier alpha value is -1.85. The number of carbonyl (C=O) groups excluding carboxylic acids is 1. The van der Waals surface area contributed by atoms with Gasteiger partial charge in [0.15, 0.2) is 0 Å². The average Bonchev–Trinajstić information content (AvgIpc) is 3.20. The summed E-state index contributed by atoms with van der Waals surface area (Å²) >= 11 is 0. The number of fused-ring (bicyclic) bond motifs is 1. The van der Waals surface area contributed by atoms with Crippen molar-refractivity contribution in [2.45, 2.75) is 19.4 Å². The molecule has 0 atom stereocenters. The van der Waals surface area contributed by atoms with E-state index < -0.39 is 0 Å². The summed E-state index contributed by atoms with van der Waals surface area (Å²) in [4.78, 5) is 16.8. The summed E-state index contributed by atoms with van der Waals surface area (Å²) in [5.74, 6) is 0.0574. The quantitative estimate of drug-likeness (QED) is 0.782. The van der Waals surface area contributed by atoms with E-state index in [9.17, 15) is 4.79 Å². The monoisotopic (exact) mass is 329 g/mol. The third kappa shape index (κ3) is 3.79. The highest BCUT2D eigenvalue weighted by atomic mass is 16.5. The standard InChI is InChI=1S/C19H27N3O2/c1-20-17(13-16-7-3-4-8-18(16)20)14-22(19(23)15-24-2)12-11-21-9-5-6-10-21/h3-4,7-8,13H,5-6,9-12,14-15H2,1-2H3. The molecule has 24 heavy (non-hydrogen) atoms. The van der Waals surface area contributed by atoms with E-state index in [4.69, 9.17) is 4.74 Å². The van der Waals surface area contributed by atoms with E-state index in [0.717, 1.165) is 31.9 Å². The first kappa shape index (κ1) is 17.0. The van der Waals surface area contributed by atoms with Crippen LogP contribution in [0.15, 0.2) is 30.3 Å². The molecular formula is C19H27N3O2. The fourth-order valence-corrected chi connectivity index (χ4v) is 3.47. The van der Waals surface area contributed by atoms with E-state index in [0.29, 0.717) is 6.54 Å². The second-order valence-electron chi connectivity index (χ2n) is 6.55. The van der Waals surface area contributed by atoms with Crippen LogP contribution in [0.4, 0.5) is 0 Å². The summed E-state index contributed by atoms with van der Waals surface area (Å²) in [6.45, 7) is 4.77. The number of hydrogen-bond donors (Lipinski definition) is 0. The smallest absolute Gasteiger partial charge is 0.248 e. The van der Waals surface area contributed by atoms with Crippen LogP contribution < -0.4 is 0 Å². The van der Waals surface area contributed by atoms with Gasteiger partial charge >= 0.3 is 0 Å². The van der Waals surface area contributed by atoms with E-state index in [1.807, 2.05) is 17.0 Å². The zero-order chi connectivity index (χ0) is 16.9. The molecule has 0 bridgehead atoms. The molecule has 1 aliphatic heterocycles. The Balaban J connectivity index is 1.73. The summed E-state index contributed by atoms with van der Waals surface area (Å²) in [7, 11) is 3.64. The van der Waals surface area contributed by atoms with Crippen LogP contribution in [0.25, 0.3) is 10.9 Å². The van der Waals surface area contributed by atoms with Gasteiger partial charge in [-0.25, -0.2) is 0 Å². The lowest BCUT2D eigenvalue weighted by Crippen LogP contribution is -2.39. The minimum Gasteiger partial charge on any atom is -0.375 e. The number of aryl methyl sites for hydroxylation is 1. The van der Waals surface area contributed by atoms with Crippen LogP contribution in [0.2, 0.25) is 0 Å². The molecule has 5 heteroatoms. The van der Waals surface area contributed by atoms with Crippen LogP contribution in [-0.2, 0) is 23.1 Å². The Kier molecular flexibility index (Phi) is 5.53. The lowest BCUT2D eigenvalue weighted by atomic mass is 10.2. The number of nitrogens with zero attached hydrogens (tertiary/aromatic N) is 3. The second kappa shape index (κ2) is 7.81. The van der Waals surface area contributed by atoms with Crippen molar-refractivity contribution >= 4 is 16.8 Å². The maximum absolute atomic E-state index is 12.5. The predicted octanol–water partition coefficient (Wildman–Crippen LogP) is 2.25. The summed E-state index contributed by atoms with van der Waals surface area (Å²) < 4.78 is 7.25. The number of ether oxygens (including phenoxy) is 1. The number of methoxy groups -OCH3 is 1. The number of rotatable bonds is 7. The van der Waals surface area contributed by atoms with Gasteiger partial charge in [-0.2, -0.15) is 0 Å². The van der Waals surface area contributed by atoms with E-state index >= 15 is 0 Å². The second-order valence-corrected chi connectivity index (χ2v) is 6.55. The zero-order valence-corrected chi connectivity index (χ0v) is 14.7. The van der Waals surface area contributed by atoms with Crippen molar-refractivity contribution < 1.29 is 9.53 Å². The lowest BCUT2D eigenvalue weighted by Gasteiger charge is -2.25. The topological polar surface area (TPSA) is 37.7 Å². The molecule has 2 heterocycles. The third-order valence-corrected chi connectivity index (χ3v) is 4.91. The Bertz CT molecular complexity index is 689. The highest BCUT2D eigenvalue weighted by Crippen LogP contribution is 2.19. The van der Waals surface area contributed by atoms with Crippen LogP contribution >= 0.6 is 0 Å². The molecule has 3 rings (SSSR count). The fraction of sp³-hybridized carbons (Fsp3) is 0.526. The molecule has 130 valence electrons. The van der Waals surface area contributed by atoms with Crippen molar-refractivity contribution in [1.82, 2.24) is 14.4 Å². The van der Waals surface area contributed by atoms with Crippen LogP contribution in [0, 0.1) is 0 Å². The van der Waals surface area contributed by atoms with Gasteiger partial charge in [-0.05, 0) is 43.5 Å². The third-order valence-electron chi connectivity index (χ3n) is 4.91. The van der Waals surface area contributed by atoms with Gasteiger partial charge in [0, 0.05) is 38.5 Å². The molecule has 1 aliphatic rings. The largest absolute Gasteiger partial charge is 0.375 e. The first-order valence-corrected chi connectivity index (χ1v) is 8.71. The minimum atomic E-state index is 0.0574. The van der Waals surface area contributed by atoms with Crippen molar-refractivity contribution in [1.29, 1.82) is 0 Å². The van der Waals surface area contributed by atoms with Crippen LogP contribution in [0.5, 0.6) is 0 Å². The van der Waals surface area contributed by atoms with Crippen molar-refractivity contribution in [3.8, 4) is 0 Å². The molecule has 0 radical (unpaired) electrons. The number of likely N-dealkylation sites (tertiary alicyclic amines) is 1. The Morgan fingerprint density at radius 3 is 2.71 bits per heavy atom. The Morgan fingerprint density at radius 2 is 2.00 bits per heavy atom. The molecule has 0 aliphatic carbocycles. The normalized spacial score (nSPS) is 15.2. The Labute approximate surface area is 143 Å². The van der Waals surface area contributed by atoms with Gasteiger partial charge in [0.25, 0.3) is 0 Å². The molecule has 0 saturated carbocycles. The van der Waals surface area contributed by atoms with Gasteiger partial charge in [0.05, 0.1) is 6.54 Å². The number of benzene rings is 1. The molecule has 1 saturated heterocycles. The molecule has 0 spiro atoms. The van der Waals surface area contributed by atoms with Crippen molar-refractivity contribution in [2.24, 2.45) is 7.05 Å². The van der Waals surface area contributed by atoms with Gasteiger partial charge in [0.1, 0.15) is 6.61 Å². The van der Waals surface area contributed by atoms with Crippen molar-refractivity contribution in [3.05, 3.63) is 36.0 Å². The zero-order valence-electron chi connectivity index (χ0n) is 14.7. The SMILES string of the molecule is COCC(=O)N(CCN1CCCC1)Cc1cc2ccccc2n1C. The molecule has 0 N–H and O–H groups in total. The van der Waals surface area contributed by atoms with Gasteiger partial charge < -0.3 is 19.1 Å². The van der Waals surface area contributed by atoms with Gasteiger partial charge in [-0.15, -0.1) is 0 Å². The maximum atomic E-state index is 12.5. The van der Waals surface area contributed by atoms with Gasteiger partial charge in [-0.3, -0.25) is 4.79 Å². The molecule has 1 aromatic heterocycles. The summed E-state index contributed by atoms with van der Waals surface area (Å²) in [5, 5.41) is 1.22. The Morgan fingerprint density at radius 1 is 1.25 bits per heavy atom. The molecule has 1 fully saturated rings. The average molecular weight is 329 g/mol. The first-order valence-electron chi connectivity index (χ1n) is 8.71. The van der Waals surface area contributed by atoms with Crippen LogP contribution in [0.3, 0.4) is 0 Å². The van der Waals surface area contributed by atoms with E-state index in [-0.39, 0.29) is 12.5 Å². The molecule has 1 amide bonds. The molecular weight excluding hydrogens is 302 g/mol. The summed E-state index contributed by atoms with van der Waals surface area (Å²) in [6, 6.07) is 10.5. The van der Waals surface area contributed by atoms with Crippen LogP contribution in [-0.4, -0.2) is 60.2 Å². The van der Waals surface area contributed by atoms with E-state index in [2.05, 4.69) is 34.7 Å². The fourth-order valence-electron chi connectivity index (χ4n) is 3.47.